The number of hydrogen-bond acceptors (Lipinski definition) is 3. The van der Waals surface area contributed by atoms with Crippen LogP contribution in [0.3, 0.4) is 0 Å². The highest BCUT2D eigenvalue weighted by atomic mass is 19.4. The fourth-order valence-electron chi connectivity index (χ4n) is 2.27. The average Bonchev–Trinajstić information content (AvgIpc) is 3.04. The highest BCUT2D eigenvalue weighted by Crippen LogP contribution is 2.28. The number of carbonyl (C=O) groups excluding carboxylic acids is 1. The number of anilines is 1. The third-order valence-corrected chi connectivity index (χ3v) is 3.57. The molecule has 1 N–H and O–H groups in total. The molecule has 1 atom stereocenters. The molecule has 0 bridgehead atoms. The van der Waals surface area contributed by atoms with Gasteiger partial charge in [-0.15, -0.1) is 0 Å². The summed E-state index contributed by atoms with van der Waals surface area (Å²) in [5.41, 5.74) is 0.0686. The Hall–Kier alpha value is -2.90. The van der Waals surface area contributed by atoms with Crippen molar-refractivity contribution in [1.29, 1.82) is 0 Å². The Labute approximate surface area is 135 Å². The minimum atomic E-state index is -4.54. The molecular weight excluding hydrogens is 321 g/mol. The van der Waals surface area contributed by atoms with Crippen molar-refractivity contribution in [2.75, 3.05) is 5.32 Å². The minimum absolute atomic E-state index is 0.482. The summed E-state index contributed by atoms with van der Waals surface area (Å²) in [5.74, 6) is -0.482. The number of amides is 1. The summed E-state index contributed by atoms with van der Waals surface area (Å²) in [5, 5.41) is 6.96. The zero-order valence-corrected chi connectivity index (χ0v) is 12.6. The van der Waals surface area contributed by atoms with Gasteiger partial charge < -0.3 is 5.32 Å². The fourth-order valence-corrected chi connectivity index (χ4v) is 2.27. The number of benzene rings is 1. The van der Waals surface area contributed by atoms with Gasteiger partial charge in [-0.3, -0.25) is 14.5 Å². The van der Waals surface area contributed by atoms with Crippen molar-refractivity contribution < 1.29 is 18.0 Å². The molecule has 0 spiro atoms. The first-order chi connectivity index (χ1) is 11.4. The number of halogens is 3. The Morgan fingerprint density at radius 2 is 1.96 bits per heavy atom. The zero-order valence-electron chi connectivity index (χ0n) is 12.6. The molecule has 0 aliphatic rings. The molecule has 0 radical (unpaired) electrons. The van der Waals surface area contributed by atoms with Gasteiger partial charge >= 0.3 is 6.18 Å². The molecule has 124 valence electrons. The summed E-state index contributed by atoms with van der Waals surface area (Å²) in [6.07, 6.45) is -1.81. The van der Waals surface area contributed by atoms with Crippen LogP contribution in [0, 0.1) is 0 Å². The summed E-state index contributed by atoms with van der Waals surface area (Å²) in [4.78, 5) is 16.6. The Kier molecular flexibility index (Phi) is 3.96. The highest BCUT2D eigenvalue weighted by Gasteiger charge is 2.34. The Bertz CT molecular complexity index is 883. The Morgan fingerprint density at radius 3 is 2.67 bits per heavy atom. The maximum Gasteiger partial charge on any atom is 0.435 e. The monoisotopic (exact) mass is 334 g/mol. The van der Waals surface area contributed by atoms with E-state index in [1.165, 1.54) is 6.92 Å². The van der Waals surface area contributed by atoms with Gasteiger partial charge in [0.15, 0.2) is 5.69 Å². The van der Waals surface area contributed by atoms with Crippen LogP contribution in [0.1, 0.15) is 18.7 Å². The Morgan fingerprint density at radius 1 is 1.21 bits per heavy atom. The number of aromatic nitrogens is 3. The molecular formula is C16H13F3N4O. The molecule has 3 aromatic rings. The second-order valence-electron chi connectivity index (χ2n) is 5.22. The second kappa shape index (κ2) is 5.95. The summed E-state index contributed by atoms with van der Waals surface area (Å²) in [7, 11) is 0. The molecule has 0 aliphatic carbocycles. The third kappa shape index (κ3) is 3.08. The molecule has 2 aromatic heterocycles. The molecule has 24 heavy (non-hydrogen) atoms. The number of pyridine rings is 1. The molecule has 5 nitrogen and oxygen atoms in total. The van der Waals surface area contributed by atoms with E-state index in [9.17, 15) is 18.0 Å². The number of carbonyl (C=O) groups is 1. The number of para-hydroxylation sites is 1. The van der Waals surface area contributed by atoms with E-state index in [0.29, 0.717) is 11.2 Å². The molecule has 0 saturated carbocycles. The van der Waals surface area contributed by atoms with E-state index in [4.69, 9.17) is 0 Å². The molecule has 0 saturated heterocycles. The molecule has 2 heterocycles. The van der Waals surface area contributed by atoms with Gasteiger partial charge in [0.2, 0.25) is 5.91 Å². The van der Waals surface area contributed by atoms with Gasteiger partial charge in [0.25, 0.3) is 0 Å². The van der Waals surface area contributed by atoms with Crippen molar-refractivity contribution in [3.63, 3.8) is 0 Å². The lowest BCUT2D eigenvalue weighted by Gasteiger charge is -2.14. The molecule has 0 fully saturated rings. The van der Waals surface area contributed by atoms with Crippen molar-refractivity contribution in [3.05, 3.63) is 54.5 Å². The van der Waals surface area contributed by atoms with Crippen molar-refractivity contribution in [2.24, 2.45) is 0 Å². The lowest BCUT2D eigenvalue weighted by Crippen LogP contribution is -2.24. The third-order valence-electron chi connectivity index (χ3n) is 3.57. The molecule has 1 amide bonds. The van der Waals surface area contributed by atoms with Gasteiger partial charge in [-0.05, 0) is 25.1 Å². The maximum absolute atomic E-state index is 12.6. The largest absolute Gasteiger partial charge is 0.435 e. The quantitative estimate of drug-likeness (QED) is 0.795. The van der Waals surface area contributed by atoms with E-state index < -0.39 is 23.8 Å². The summed E-state index contributed by atoms with van der Waals surface area (Å²) in [6.45, 7) is 1.47. The van der Waals surface area contributed by atoms with E-state index in [1.54, 1.807) is 24.4 Å². The molecule has 0 unspecified atom stereocenters. The number of hydrogen-bond donors (Lipinski definition) is 1. The predicted octanol–water partition coefficient (Wildman–Crippen LogP) is 3.65. The first-order valence-electron chi connectivity index (χ1n) is 7.13. The van der Waals surface area contributed by atoms with Crippen molar-refractivity contribution >= 4 is 22.5 Å². The number of alkyl halides is 3. The molecule has 0 aliphatic heterocycles. The fraction of sp³-hybridized carbons (Fsp3) is 0.188. The van der Waals surface area contributed by atoms with Gasteiger partial charge in [-0.2, -0.15) is 18.3 Å². The van der Waals surface area contributed by atoms with Crippen molar-refractivity contribution in [2.45, 2.75) is 19.1 Å². The minimum Gasteiger partial charge on any atom is -0.322 e. The van der Waals surface area contributed by atoms with Crippen LogP contribution in [0.5, 0.6) is 0 Å². The Balaban J connectivity index is 1.82. The van der Waals surface area contributed by atoms with Crippen LogP contribution in [-0.4, -0.2) is 20.7 Å². The molecule has 8 heteroatoms. The topological polar surface area (TPSA) is 59.8 Å². The molecule has 1 aromatic carbocycles. The second-order valence-corrected chi connectivity index (χ2v) is 5.22. The van der Waals surface area contributed by atoms with E-state index >= 15 is 0 Å². The summed E-state index contributed by atoms with van der Waals surface area (Å²) in [6, 6.07) is 8.86. The average molecular weight is 334 g/mol. The number of nitrogens with one attached hydrogen (secondary N) is 1. The smallest absolute Gasteiger partial charge is 0.322 e. The van der Waals surface area contributed by atoms with Crippen LogP contribution in [0.2, 0.25) is 0 Å². The van der Waals surface area contributed by atoms with Gasteiger partial charge in [0, 0.05) is 17.8 Å². The van der Waals surface area contributed by atoms with Crippen LogP contribution in [0.15, 0.2) is 48.8 Å². The van der Waals surface area contributed by atoms with Crippen LogP contribution >= 0.6 is 0 Å². The van der Waals surface area contributed by atoms with Gasteiger partial charge in [-0.25, -0.2) is 0 Å². The van der Waals surface area contributed by atoms with Gasteiger partial charge in [0.05, 0.1) is 11.2 Å². The highest BCUT2D eigenvalue weighted by molar-refractivity contribution is 6.01. The first-order valence-corrected chi connectivity index (χ1v) is 7.13. The van der Waals surface area contributed by atoms with E-state index in [-0.39, 0.29) is 0 Å². The lowest BCUT2D eigenvalue weighted by atomic mass is 10.2. The number of rotatable bonds is 3. The van der Waals surface area contributed by atoms with Gasteiger partial charge in [-0.1, -0.05) is 18.2 Å². The number of fused-ring (bicyclic) bond motifs is 1. The predicted molar refractivity (Wildman–Crippen MR) is 82.3 cm³/mol. The van der Waals surface area contributed by atoms with Crippen molar-refractivity contribution in [3.8, 4) is 0 Å². The van der Waals surface area contributed by atoms with Crippen LogP contribution in [-0.2, 0) is 11.0 Å². The van der Waals surface area contributed by atoms with Gasteiger partial charge in [0.1, 0.15) is 6.04 Å². The van der Waals surface area contributed by atoms with Crippen molar-refractivity contribution in [1.82, 2.24) is 14.8 Å². The lowest BCUT2D eigenvalue weighted by molar-refractivity contribution is -0.141. The first kappa shape index (κ1) is 16.0. The number of nitrogens with zero attached hydrogens (tertiary/aromatic N) is 3. The maximum atomic E-state index is 12.6. The van der Waals surface area contributed by atoms with Crippen LogP contribution in [0.4, 0.5) is 18.9 Å². The van der Waals surface area contributed by atoms with E-state index in [1.807, 2.05) is 12.1 Å². The van der Waals surface area contributed by atoms with Crippen LogP contribution < -0.4 is 5.32 Å². The summed E-state index contributed by atoms with van der Waals surface area (Å²) >= 11 is 0. The SMILES string of the molecule is C[C@H](C(=O)Nc1cccc2cccnc12)n1ccc(C(F)(F)F)n1. The van der Waals surface area contributed by atoms with E-state index in [0.717, 1.165) is 22.3 Å². The summed E-state index contributed by atoms with van der Waals surface area (Å²) < 4.78 is 38.8. The van der Waals surface area contributed by atoms with E-state index in [2.05, 4.69) is 15.4 Å². The normalized spacial score (nSPS) is 13.0. The van der Waals surface area contributed by atoms with Crippen LogP contribution in [0.25, 0.3) is 10.9 Å². The standard InChI is InChI=1S/C16H13F3N4O/c1-10(23-9-7-13(22-23)16(17,18)19)15(24)21-12-6-2-4-11-5-3-8-20-14(11)12/h2-10H,1H3,(H,21,24)/t10-/m1/s1. The molecule has 3 rings (SSSR count). The zero-order chi connectivity index (χ0) is 17.3.